The van der Waals surface area contributed by atoms with Crippen molar-refractivity contribution in [2.24, 2.45) is 5.14 Å². The topological polar surface area (TPSA) is 108 Å². The van der Waals surface area contributed by atoms with E-state index in [4.69, 9.17) is 26.2 Å². The maximum absolute atomic E-state index is 13.5. The zero-order chi connectivity index (χ0) is 22.8. The molecule has 3 N–H and O–H groups in total. The SMILES string of the molecule is COc1cc(F)ccc1Oc1cc(C)c(Cl)cc1C(=O)Nc1cccc(S(N)(=O)=O)c1. The van der Waals surface area contributed by atoms with Crippen LogP contribution in [0.3, 0.4) is 0 Å². The first kappa shape index (κ1) is 22.5. The maximum Gasteiger partial charge on any atom is 0.259 e. The molecule has 10 heteroatoms. The van der Waals surface area contributed by atoms with Gasteiger partial charge in [-0.2, -0.15) is 0 Å². The van der Waals surface area contributed by atoms with Crippen LogP contribution in [0.25, 0.3) is 0 Å². The standard InChI is InChI=1S/C21H18ClFN2O5S/c1-12-8-19(30-18-7-6-13(23)9-20(18)29-2)16(11-17(12)22)21(26)25-14-4-3-5-15(10-14)31(24,27)28/h3-11H,1-2H3,(H,25,26)(H2,24,27,28). The van der Waals surface area contributed by atoms with Crippen molar-refractivity contribution >= 4 is 33.2 Å². The molecule has 162 valence electrons. The Bertz CT molecular complexity index is 1260. The summed E-state index contributed by atoms with van der Waals surface area (Å²) in [5.74, 6) is -0.642. The van der Waals surface area contributed by atoms with Crippen LogP contribution >= 0.6 is 11.6 Å². The summed E-state index contributed by atoms with van der Waals surface area (Å²) in [4.78, 5) is 12.8. The van der Waals surface area contributed by atoms with Crippen LogP contribution < -0.4 is 19.9 Å². The molecule has 0 aliphatic carbocycles. The van der Waals surface area contributed by atoms with E-state index < -0.39 is 21.7 Å². The molecule has 0 unspecified atom stereocenters. The number of amides is 1. The summed E-state index contributed by atoms with van der Waals surface area (Å²) in [7, 11) is -2.58. The molecule has 0 saturated carbocycles. The predicted molar refractivity (Wildman–Crippen MR) is 115 cm³/mol. The van der Waals surface area contributed by atoms with Gasteiger partial charge in [-0.15, -0.1) is 0 Å². The summed E-state index contributed by atoms with van der Waals surface area (Å²) < 4.78 is 47.6. The number of primary sulfonamides is 1. The second-order valence-corrected chi connectivity index (χ2v) is 8.49. The lowest BCUT2D eigenvalue weighted by atomic mass is 10.1. The van der Waals surface area contributed by atoms with Gasteiger partial charge in [0.25, 0.3) is 5.91 Å². The van der Waals surface area contributed by atoms with Crippen molar-refractivity contribution in [2.75, 3.05) is 12.4 Å². The average molecular weight is 465 g/mol. The summed E-state index contributed by atoms with van der Waals surface area (Å²) in [6.45, 7) is 1.73. The molecule has 0 saturated heterocycles. The summed E-state index contributed by atoms with van der Waals surface area (Å²) in [5, 5.41) is 8.05. The van der Waals surface area contributed by atoms with E-state index in [9.17, 15) is 17.6 Å². The van der Waals surface area contributed by atoms with E-state index in [0.717, 1.165) is 6.07 Å². The molecule has 0 atom stereocenters. The number of sulfonamides is 1. The van der Waals surface area contributed by atoms with Gasteiger partial charge in [0.1, 0.15) is 11.6 Å². The van der Waals surface area contributed by atoms with Crippen molar-refractivity contribution < 1.29 is 27.1 Å². The van der Waals surface area contributed by atoms with E-state index in [1.807, 2.05) is 0 Å². The second kappa shape index (κ2) is 8.93. The summed E-state index contributed by atoms with van der Waals surface area (Å²) >= 11 is 6.19. The summed E-state index contributed by atoms with van der Waals surface area (Å²) in [6.07, 6.45) is 0. The molecule has 1 amide bonds. The average Bonchev–Trinajstić information content (AvgIpc) is 2.71. The fraction of sp³-hybridized carbons (Fsp3) is 0.0952. The third kappa shape index (κ3) is 5.32. The van der Waals surface area contributed by atoms with Crippen molar-refractivity contribution in [3.8, 4) is 17.2 Å². The molecular weight excluding hydrogens is 447 g/mol. The summed E-state index contributed by atoms with van der Waals surface area (Å²) in [6, 6.07) is 12.2. The molecule has 0 heterocycles. The molecule has 0 spiro atoms. The van der Waals surface area contributed by atoms with Crippen molar-refractivity contribution in [3.63, 3.8) is 0 Å². The molecule has 31 heavy (non-hydrogen) atoms. The molecule has 0 aromatic heterocycles. The van der Waals surface area contributed by atoms with Gasteiger partial charge in [-0.3, -0.25) is 4.79 Å². The number of methoxy groups -OCH3 is 1. The van der Waals surface area contributed by atoms with Crippen LogP contribution in [0.5, 0.6) is 17.2 Å². The zero-order valence-corrected chi connectivity index (χ0v) is 18.1. The minimum atomic E-state index is -3.94. The molecule has 0 bridgehead atoms. The Labute approximate surface area is 183 Å². The minimum absolute atomic E-state index is 0.0722. The number of aryl methyl sites for hydroxylation is 1. The van der Waals surface area contributed by atoms with Crippen molar-refractivity contribution in [1.29, 1.82) is 0 Å². The zero-order valence-electron chi connectivity index (χ0n) is 16.5. The Morgan fingerprint density at radius 3 is 2.48 bits per heavy atom. The van der Waals surface area contributed by atoms with Gasteiger partial charge in [-0.05, 0) is 55.0 Å². The second-order valence-electron chi connectivity index (χ2n) is 6.52. The highest BCUT2D eigenvalue weighted by Crippen LogP contribution is 2.36. The molecule has 0 aliphatic rings. The van der Waals surface area contributed by atoms with E-state index in [-0.39, 0.29) is 33.4 Å². The number of nitrogens with two attached hydrogens (primary N) is 1. The van der Waals surface area contributed by atoms with Crippen LogP contribution in [-0.4, -0.2) is 21.4 Å². The lowest BCUT2D eigenvalue weighted by molar-refractivity contribution is 0.102. The number of nitrogens with one attached hydrogen (secondary N) is 1. The van der Waals surface area contributed by atoms with E-state index in [0.29, 0.717) is 10.6 Å². The Hall–Kier alpha value is -3.14. The van der Waals surface area contributed by atoms with Crippen molar-refractivity contribution in [2.45, 2.75) is 11.8 Å². The first-order valence-electron chi connectivity index (χ1n) is 8.84. The van der Waals surface area contributed by atoms with Crippen LogP contribution in [0, 0.1) is 12.7 Å². The first-order valence-corrected chi connectivity index (χ1v) is 10.8. The highest BCUT2D eigenvalue weighted by Gasteiger charge is 2.19. The smallest absolute Gasteiger partial charge is 0.259 e. The molecule has 0 fully saturated rings. The highest BCUT2D eigenvalue weighted by molar-refractivity contribution is 7.89. The Kier molecular flexibility index (Phi) is 6.49. The molecule has 0 aliphatic heterocycles. The van der Waals surface area contributed by atoms with Gasteiger partial charge in [0.15, 0.2) is 11.5 Å². The number of anilines is 1. The van der Waals surface area contributed by atoms with Crippen LogP contribution in [0.1, 0.15) is 15.9 Å². The monoisotopic (exact) mass is 464 g/mol. The number of halogens is 2. The highest BCUT2D eigenvalue weighted by atomic mass is 35.5. The molecular formula is C21H18ClFN2O5S. The first-order chi connectivity index (χ1) is 14.6. The molecule has 3 aromatic carbocycles. The van der Waals surface area contributed by atoms with E-state index in [2.05, 4.69) is 5.32 Å². The third-order valence-corrected chi connectivity index (χ3v) is 5.59. The number of carbonyl (C=O) groups is 1. The van der Waals surface area contributed by atoms with Crippen LogP contribution in [0.2, 0.25) is 5.02 Å². The van der Waals surface area contributed by atoms with Crippen molar-refractivity contribution in [1.82, 2.24) is 0 Å². The number of carbonyl (C=O) groups excluding carboxylic acids is 1. The molecule has 3 rings (SSSR count). The lowest BCUT2D eigenvalue weighted by Crippen LogP contribution is -2.15. The molecule has 7 nitrogen and oxygen atoms in total. The van der Waals surface area contributed by atoms with Gasteiger partial charge in [0.05, 0.1) is 17.6 Å². The maximum atomic E-state index is 13.5. The number of rotatable bonds is 6. The quantitative estimate of drug-likeness (QED) is 0.559. The van der Waals surface area contributed by atoms with E-state index in [1.54, 1.807) is 13.0 Å². The van der Waals surface area contributed by atoms with Crippen LogP contribution in [-0.2, 0) is 10.0 Å². The lowest BCUT2D eigenvalue weighted by Gasteiger charge is -2.15. The Morgan fingerprint density at radius 2 is 1.81 bits per heavy atom. The van der Waals surface area contributed by atoms with E-state index >= 15 is 0 Å². The fourth-order valence-corrected chi connectivity index (χ4v) is 3.43. The van der Waals surface area contributed by atoms with Gasteiger partial charge < -0.3 is 14.8 Å². The molecule has 0 radical (unpaired) electrons. The van der Waals surface area contributed by atoms with Crippen LogP contribution in [0.15, 0.2) is 59.5 Å². The third-order valence-electron chi connectivity index (χ3n) is 4.27. The normalized spacial score (nSPS) is 11.1. The van der Waals surface area contributed by atoms with Crippen LogP contribution in [0.4, 0.5) is 10.1 Å². The minimum Gasteiger partial charge on any atom is -0.493 e. The molecule has 3 aromatic rings. The van der Waals surface area contributed by atoms with E-state index in [1.165, 1.54) is 49.6 Å². The Balaban J connectivity index is 1.98. The van der Waals surface area contributed by atoms with Gasteiger partial charge in [-0.1, -0.05) is 17.7 Å². The van der Waals surface area contributed by atoms with Gasteiger partial charge in [0.2, 0.25) is 10.0 Å². The predicted octanol–water partition coefficient (Wildman–Crippen LogP) is 4.49. The number of hydrogen-bond donors (Lipinski definition) is 2. The fourth-order valence-electron chi connectivity index (χ4n) is 2.71. The van der Waals surface area contributed by atoms with Gasteiger partial charge in [-0.25, -0.2) is 17.9 Å². The van der Waals surface area contributed by atoms with Crippen molar-refractivity contribution in [3.05, 3.63) is 76.6 Å². The largest absolute Gasteiger partial charge is 0.493 e. The van der Waals surface area contributed by atoms with Gasteiger partial charge >= 0.3 is 0 Å². The number of benzene rings is 3. The number of hydrogen-bond acceptors (Lipinski definition) is 5. The summed E-state index contributed by atoms with van der Waals surface area (Å²) in [5.41, 5.74) is 0.923. The Morgan fingerprint density at radius 1 is 1.06 bits per heavy atom. The number of ether oxygens (including phenoxy) is 2. The van der Waals surface area contributed by atoms with Gasteiger partial charge in [0, 0.05) is 16.8 Å².